The normalized spacial score (nSPS) is 18.0. The van der Waals surface area contributed by atoms with Crippen LogP contribution >= 0.6 is 0 Å². The quantitative estimate of drug-likeness (QED) is 0.0706. The van der Waals surface area contributed by atoms with Crippen LogP contribution in [0.1, 0.15) is 118 Å². The number of amides is 5. The van der Waals surface area contributed by atoms with Crippen LogP contribution in [0.3, 0.4) is 0 Å². The molecule has 0 aliphatic carbocycles. The van der Waals surface area contributed by atoms with Crippen molar-refractivity contribution in [2.45, 2.75) is 110 Å². The molecule has 0 saturated carbocycles. The summed E-state index contributed by atoms with van der Waals surface area (Å²) in [6, 6.07) is 13.4. The molecule has 3 aliphatic rings. The first-order chi connectivity index (χ1) is 30.2. The number of nitrogens with zero attached hydrogens (tertiary/aromatic N) is 6. The predicted molar refractivity (Wildman–Crippen MR) is 234 cm³/mol. The highest BCUT2D eigenvalue weighted by Gasteiger charge is 2.40. The molecular formula is C46H55N9O8. The molecule has 17 nitrogen and oxygen atoms in total. The maximum Gasteiger partial charge on any atom is 0.255 e. The molecule has 3 atom stereocenters. The first-order valence-electron chi connectivity index (χ1n) is 21.7. The van der Waals surface area contributed by atoms with Crippen molar-refractivity contribution in [1.82, 2.24) is 35.2 Å². The van der Waals surface area contributed by atoms with Gasteiger partial charge in [0.05, 0.1) is 5.56 Å². The number of rotatable bonds is 15. The molecule has 0 radical (unpaired) electrons. The molecule has 0 spiro atoms. The zero-order valence-corrected chi connectivity index (χ0v) is 36.3. The molecule has 5 amide bonds. The van der Waals surface area contributed by atoms with E-state index in [4.69, 9.17) is 0 Å². The molecule has 2 unspecified atom stereocenters. The summed E-state index contributed by atoms with van der Waals surface area (Å²) in [5.74, 6) is -1.59. The summed E-state index contributed by atoms with van der Waals surface area (Å²) >= 11 is 0. The number of hydrogen-bond donors (Lipinski definition) is 5. The van der Waals surface area contributed by atoms with Crippen molar-refractivity contribution in [1.29, 1.82) is 0 Å². The Hall–Kier alpha value is -6.49. The third kappa shape index (κ3) is 9.48. The summed E-state index contributed by atoms with van der Waals surface area (Å²) in [5, 5.41) is 41.7. The van der Waals surface area contributed by atoms with E-state index >= 15 is 0 Å². The van der Waals surface area contributed by atoms with E-state index in [1.165, 1.54) is 11.0 Å². The molecule has 2 fully saturated rings. The van der Waals surface area contributed by atoms with E-state index in [-0.39, 0.29) is 66.4 Å². The first-order valence-corrected chi connectivity index (χ1v) is 21.7. The van der Waals surface area contributed by atoms with E-state index in [9.17, 15) is 39.1 Å². The van der Waals surface area contributed by atoms with Gasteiger partial charge >= 0.3 is 0 Å². The van der Waals surface area contributed by atoms with Crippen molar-refractivity contribution in [2.75, 3.05) is 18.4 Å². The smallest absolute Gasteiger partial charge is 0.255 e. The van der Waals surface area contributed by atoms with Gasteiger partial charge in [0.25, 0.3) is 5.91 Å². The highest BCUT2D eigenvalue weighted by atomic mass is 16.3. The second-order valence-electron chi connectivity index (χ2n) is 17.5. The largest absolute Gasteiger partial charge is 0.508 e. The Morgan fingerprint density at radius 2 is 1.67 bits per heavy atom. The maximum absolute atomic E-state index is 13.8. The Labute approximate surface area is 365 Å². The number of aromatic nitrogens is 3. The van der Waals surface area contributed by atoms with E-state index in [2.05, 4.69) is 36.2 Å². The number of piperidine rings is 2. The van der Waals surface area contributed by atoms with Crippen LogP contribution in [0.2, 0.25) is 0 Å². The lowest BCUT2D eigenvalue weighted by Crippen LogP contribution is -2.52. The van der Waals surface area contributed by atoms with E-state index < -0.39 is 29.9 Å². The number of nitrogens with one attached hydrogen (secondary N) is 3. The second-order valence-corrected chi connectivity index (χ2v) is 17.5. The van der Waals surface area contributed by atoms with Gasteiger partial charge in [-0.15, -0.1) is 10.2 Å². The number of anilines is 1. The predicted octanol–water partition coefficient (Wildman–Crippen LogP) is 5.83. The van der Waals surface area contributed by atoms with Gasteiger partial charge in [0.15, 0.2) is 17.7 Å². The van der Waals surface area contributed by atoms with E-state index in [0.717, 1.165) is 5.56 Å². The number of nitroso groups, excluding NO2 is 1. The SMILES string of the molecule is CCC(N=O)c1nnc(-c2cc(C(C)C)c(O)cc2O)n1-c1ccc(CN2CCC(C(=O)N[C@@H](CC(C)C)C(=O)Nc3cccc4c3CN(C3CCC(=O)NC3=O)C4=O)CC2)cc1. The molecule has 4 aromatic rings. The van der Waals surface area contributed by atoms with Crippen LogP contribution in [0, 0.1) is 16.7 Å². The minimum atomic E-state index is -0.815. The Kier molecular flexibility index (Phi) is 13.3. The van der Waals surface area contributed by atoms with Crippen molar-refractivity contribution >= 4 is 35.2 Å². The Morgan fingerprint density at radius 3 is 2.32 bits per heavy atom. The number of phenols is 2. The molecule has 1 aromatic heterocycles. The summed E-state index contributed by atoms with van der Waals surface area (Å²) < 4.78 is 1.72. The Bertz CT molecular complexity index is 2400. The second kappa shape index (κ2) is 18.9. The number of carbonyl (C=O) groups is 5. The summed E-state index contributed by atoms with van der Waals surface area (Å²) in [4.78, 5) is 80.8. The van der Waals surface area contributed by atoms with E-state index in [1.807, 2.05) is 58.9 Å². The lowest BCUT2D eigenvalue weighted by atomic mass is 9.94. The van der Waals surface area contributed by atoms with Gasteiger partial charge in [-0.05, 0) is 98.5 Å². The molecule has 3 aliphatic heterocycles. The topological polar surface area (TPSA) is 229 Å². The van der Waals surface area contributed by atoms with Gasteiger partial charge in [0.2, 0.25) is 23.6 Å². The lowest BCUT2D eigenvalue weighted by Gasteiger charge is -2.32. The van der Waals surface area contributed by atoms with Gasteiger partial charge in [-0.1, -0.05) is 58.0 Å². The minimum absolute atomic E-state index is 0.0267. The first kappa shape index (κ1) is 44.6. The molecule has 3 aromatic carbocycles. The average Bonchev–Trinajstić information content (AvgIpc) is 3.83. The van der Waals surface area contributed by atoms with Gasteiger partial charge in [-0.2, -0.15) is 4.91 Å². The Balaban J connectivity index is 0.983. The van der Waals surface area contributed by atoms with Crippen molar-refractivity contribution in [3.05, 3.63) is 87.6 Å². The number of carbonyl (C=O) groups excluding carboxylic acids is 5. The molecule has 7 rings (SSSR count). The monoisotopic (exact) mass is 861 g/mol. The van der Waals surface area contributed by atoms with Crippen molar-refractivity contribution in [2.24, 2.45) is 17.0 Å². The maximum atomic E-state index is 13.8. The fourth-order valence-electron chi connectivity index (χ4n) is 8.76. The van der Waals surface area contributed by atoms with Gasteiger partial charge in [0, 0.05) is 54.0 Å². The molecule has 63 heavy (non-hydrogen) atoms. The highest BCUT2D eigenvalue weighted by molar-refractivity contribution is 6.07. The van der Waals surface area contributed by atoms with Gasteiger partial charge in [-0.25, -0.2) is 0 Å². The molecular weight excluding hydrogens is 807 g/mol. The van der Waals surface area contributed by atoms with Gasteiger partial charge in [0.1, 0.15) is 23.6 Å². The number of likely N-dealkylation sites (tertiary alicyclic amines) is 1. The molecule has 0 bridgehead atoms. The zero-order chi connectivity index (χ0) is 45.1. The number of imide groups is 1. The summed E-state index contributed by atoms with van der Waals surface area (Å²) in [7, 11) is 0. The average molecular weight is 862 g/mol. The Morgan fingerprint density at radius 1 is 0.937 bits per heavy atom. The fourth-order valence-corrected chi connectivity index (χ4v) is 8.76. The summed E-state index contributed by atoms with van der Waals surface area (Å²) in [6.07, 6.45) is 2.36. The number of aromatic hydroxyl groups is 2. The minimum Gasteiger partial charge on any atom is -0.508 e. The molecule has 332 valence electrons. The highest BCUT2D eigenvalue weighted by Crippen LogP contribution is 2.39. The molecule has 2 saturated heterocycles. The number of phenolic OH excluding ortho intramolecular Hbond substituents is 2. The van der Waals surface area contributed by atoms with Gasteiger partial charge < -0.3 is 25.7 Å². The van der Waals surface area contributed by atoms with Crippen molar-refractivity contribution < 1.29 is 34.2 Å². The van der Waals surface area contributed by atoms with Crippen LogP contribution in [-0.4, -0.2) is 89.5 Å². The van der Waals surface area contributed by atoms with E-state index in [1.54, 1.807) is 28.8 Å². The lowest BCUT2D eigenvalue weighted by molar-refractivity contribution is -0.137. The fraction of sp³-hybridized carbons (Fsp3) is 0.457. The van der Waals surface area contributed by atoms with Crippen molar-refractivity contribution in [3.8, 4) is 28.6 Å². The summed E-state index contributed by atoms with van der Waals surface area (Å²) in [6.45, 7) is 11.7. The third-order valence-electron chi connectivity index (χ3n) is 12.2. The van der Waals surface area contributed by atoms with Crippen LogP contribution in [0.5, 0.6) is 11.5 Å². The molecule has 5 N–H and O–H groups in total. The zero-order valence-electron chi connectivity index (χ0n) is 36.3. The van der Waals surface area contributed by atoms with Crippen LogP contribution in [-0.2, 0) is 32.3 Å². The van der Waals surface area contributed by atoms with Crippen LogP contribution in [0.15, 0.2) is 59.8 Å². The van der Waals surface area contributed by atoms with Crippen molar-refractivity contribution in [3.63, 3.8) is 0 Å². The van der Waals surface area contributed by atoms with Crippen LogP contribution in [0.4, 0.5) is 5.69 Å². The molecule has 4 heterocycles. The van der Waals surface area contributed by atoms with E-state index in [0.29, 0.717) is 90.6 Å². The third-order valence-corrected chi connectivity index (χ3v) is 12.2. The van der Waals surface area contributed by atoms with Gasteiger partial charge in [-0.3, -0.25) is 38.8 Å². The number of hydrogen-bond acceptors (Lipinski definition) is 12. The number of fused-ring (bicyclic) bond motifs is 1. The van der Waals surface area contributed by atoms with Crippen LogP contribution < -0.4 is 16.0 Å². The standard InChI is InChI=1S/C46H55N9O8/c1-6-34(52-63)42-51-50-41(32-21-31(26(4)5)38(56)22-39(32)57)55(42)29-12-10-27(11-13-29)23-53-18-16-28(17-19-53)43(59)48-36(20-25(2)3)44(60)47-35-9-7-8-30-33(35)24-54(46(30)62)37-14-15-40(58)49-45(37)61/h7-13,21-22,25-26,28,34,36-37,56-57H,6,14-20,23-24H2,1-5H3,(H,47,60)(H,48,59)(H,49,58,61)/t34?,36-,37?/m0/s1. The summed E-state index contributed by atoms with van der Waals surface area (Å²) in [5.41, 5.74) is 4.09. The molecule has 17 heteroatoms. The number of benzene rings is 3. The van der Waals surface area contributed by atoms with Crippen LogP contribution in [0.25, 0.3) is 17.1 Å².